The number of sulfonamides is 1. The van der Waals surface area contributed by atoms with E-state index in [0.717, 1.165) is 43.4 Å². The van der Waals surface area contributed by atoms with Gasteiger partial charge < -0.3 is 4.90 Å². The predicted octanol–water partition coefficient (Wildman–Crippen LogP) is 3.11. The standard InChI is InChI=1S/C20H22N2O3S/c23-20(22-13-12-15-6-1-4-11-19(15)22)16-7-5-10-18(14-16)26(24,25)21-17-8-2-3-9-17/h1,4-7,10-11,14,17,21H,2-3,8-9,12-13H2. The van der Waals surface area contributed by atoms with Crippen molar-refractivity contribution in [1.82, 2.24) is 4.72 Å². The molecule has 6 heteroatoms. The number of rotatable bonds is 4. The fraction of sp³-hybridized carbons (Fsp3) is 0.350. The number of fused-ring (bicyclic) bond motifs is 1. The molecule has 0 unspecified atom stereocenters. The third-order valence-electron chi connectivity index (χ3n) is 5.20. The molecule has 0 bridgehead atoms. The lowest BCUT2D eigenvalue weighted by Crippen LogP contribution is -2.33. The Labute approximate surface area is 154 Å². The van der Waals surface area contributed by atoms with Gasteiger partial charge in [-0.15, -0.1) is 0 Å². The van der Waals surface area contributed by atoms with Crippen molar-refractivity contribution in [2.24, 2.45) is 0 Å². The first-order chi connectivity index (χ1) is 12.5. The van der Waals surface area contributed by atoms with Crippen molar-refractivity contribution in [2.45, 2.75) is 43.0 Å². The van der Waals surface area contributed by atoms with E-state index in [1.54, 1.807) is 23.1 Å². The van der Waals surface area contributed by atoms with Crippen LogP contribution >= 0.6 is 0 Å². The molecule has 1 N–H and O–H groups in total. The molecule has 26 heavy (non-hydrogen) atoms. The molecule has 0 aromatic heterocycles. The van der Waals surface area contributed by atoms with E-state index in [9.17, 15) is 13.2 Å². The molecular weight excluding hydrogens is 348 g/mol. The van der Waals surface area contributed by atoms with E-state index < -0.39 is 10.0 Å². The van der Waals surface area contributed by atoms with Crippen LogP contribution in [0.2, 0.25) is 0 Å². The molecule has 1 heterocycles. The second-order valence-electron chi connectivity index (χ2n) is 6.97. The minimum Gasteiger partial charge on any atom is -0.308 e. The van der Waals surface area contributed by atoms with Crippen LogP contribution in [-0.4, -0.2) is 26.9 Å². The first-order valence-corrected chi connectivity index (χ1v) is 10.5. The maximum Gasteiger partial charge on any atom is 0.258 e. The van der Waals surface area contributed by atoms with Gasteiger partial charge in [0.05, 0.1) is 4.90 Å². The maximum atomic E-state index is 12.9. The van der Waals surface area contributed by atoms with Crippen LogP contribution in [0.4, 0.5) is 5.69 Å². The molecule has 5 nitrogen and oxygen atoms in total. The molecule has 1 aliphatic heterocycles. The van der Waals surface area contributed by atoms with Gasteiger partial charge in [0.25, 0.3) is 5.91 Å². The Bertz CT molecular complexity index is 934. The molecule has 2 aliphatic rings. The van der Waals surface area contributed by atoms with E-state index in [0.29, 0.717) is 12.1 Å². The smallest absolute Gasteiger partial charge is 0.258 e. The monoisotopic (exact) mass is 370 g/mol. The molecule has 0 spiro atoms. The number of hydrogen-bond acceptors (Lipinski definition) is 3. The van der Waals surface area contributed by atoms with Gasteiger partial charge in [-0.3, -0.25) is 4.79 Å². The first kappa shape index (κ1) is 17.2. The summed E-state index contributed by atoms with van der Waals surface area (Å²) in [7, 11) is -3.60. The highest BCUT2D eigenvalue weighted by atomic mass is 32.2. The van der Waals surface area contributed by atoms with E-state index in [1.807, 2.05) is 24.3 Å². The van der Waals surface area contributed by atoms with Gasteiger partial charge in [-0.25, -0.2) is 13.1 Å². The Hall–Kier alpha value is -2.18. The van der Waals surface area contributed by atoms with Crippen molar-refractivity contribution >= 4 is 21.6 Å². The van der Waals surface area contributed by atoms with Crippen LogP contribution in [0.15, 0.2) is 53.4 Å². The fourth-order valence-electron chi connectivity index (χ4n) is 3.83. The molecule has 0 saturated heterocycles. The van der Waals surface area contributed by atoms with E-state index in [1.165, 1.54) is 6.07 Å². The van der Waals surface area contributed by atoms with Crippen LogP contribution in [0.25, 0.3) is 0 Å². The molecule has 2 aromatic carbocycles. The summed E-state index contributed by atoms with van der Waals surface area (Å²) in [6.45, 7) is 0.621. The van der Waals surface area contributed by atoms with Crippen LogP contribution in [0, 0.1) is 0 Å². The van der Waals surface area contributed by atoms with Gasteiger partial charge in [-0.2, -0.15) is 0 Å². The average Bonchev–Trinajstić information content (AvgIpc) is 3.30. The van der Waals surface area contributed by atoms with Crippen molar-refractivity contribution < 1.29 is 13.2 Å². The molecular formula is C20H22N2O3S. The normalized spacial score (nSPS) is 17.5. The molecule has 1 fully saturated rings. The van der Waals surface area contributed by atoms with Gasteiger partial charge in [-0.05, 0) is 49.1 Å². The molecule has 136 valence electrons. The van der Waals surface area contributed by atoms with Crippen LogP contribution in [-0.2, 0) is 16.4 Å². The Morgan fingerprint density at radius 1 is 1.04 bits per heavy atom. The third-order valence-corrected chi connectivity index (χ3v) is 6.72. The molecule has 1 amide bonds. The summed E-state index contributed by atoms with van der Waals surface area (Å²) in [5.41, 5.74) is 2.46. The van der Waals surface area contributed by atoms with Crippen LogP contribution in [0.5, 0.6) is 0 Å². The second-order valence-corrected chi connectivity index (χ2v) is 8.68. The maximum absolute atomic E-state index is 12.9. The minimum atomic E-state index is -3.60. The summed E-state index contributed by atoms with van der Waals surface area (Å²) in [6, 6.07) is 14.2. The quantitative estimate of drug-likeness (QED) is 0.899. The van der Waals surface area contributed by atoms with Gasteiger partial charge in [0.1, 0.15) is 0 Å². The molecule has 1 aliphatic carbocycles. The SMILES string of the molecule is O=C(c1cccc(S(=O)(=O)NC2CCCC2)c1)N1CCc2ccccc21. The Kier molecular flexibility index (Phi) is 4.54. The Morgan fingerprint density at radius 3 is 2.62 bits per heavy atom. The summed E-state index contributed by atoms with van der Waals surface area (Å²) in [5, 5.41) is 0. The second kappa shape index (κ2) is 6.85. The van der Waals surface area contributed by atoms with Crippen molar-refractivity contribution in [1.29, 1.82) is 0 Å². The van der Waals surface area contributed by atoms with Crippen molar-refractivity contribution in [3.8, 4) is 0 Å². The molecule has 1 saturated carbocycles. The summed E-state index contributed by atoms with van der Waals surface area (Å²) in [4.78, 5) is 14.8. The molecule has 4 rings (SSSR count). The summed E-state index contributed by atoms with van der Waals surface area (Å²) in [5.74, 6) is -0.159. The summed E-state index contributed by atoms with van der Waals surface area (Å²) >= 11 is 0. The van der Waals surface area contributed by atoms with Crippen LogP contribution in [0.1, 0.15) is 41.6 Å². The zero-order chi connectivity index (χ0) is 18.1. The van der Waals surface area contributed by atoms with E-state index in [-0.39, 0.29) is 16.8 Å². The van der Waals surface area contributed by atoms with E-state index in [2.05, 4.69) is 4.72 Å². The van der Waals surface area contributed by atoms with Crippen molar-refractivity contribution in [3.05, 3.63) is 59.7 Å². The number of para-hydroxylation sites is 1. The first-order valence-electron chi connectivity index (χ1n) is 9.07. The highest BCUT2D eigenvalue weighted by Crippen LogP contribution is 2.29. The summed E-state index contributed by atoms with van der Waals surface area (Å²) in [6.07, 6.45) is 4.69. The van der Waals surface area contributed by atoms with E-state index in [4.69, 9.17) is 0 Å². The Balaban J connectivity index is 1.59. The van der Waals surface area contributed by atoms with Crippen LogP contribution in [0.3, 0.4) is 0 Å². The number of nitrogens with one attached hydrogen (secondary N) is 1. The van der Waals surface area contributed by atoms with E-state index >= 15 is 0 Å². The number of carbonyl (C=O) groups excluding carboxylic acids is 1. The van der Waals surface area contributed by atoms with Crippen molar-refractivity contribution in [3.63, 3.8) is 0 Å². The highest BCUT2D eigenvalue weighted by Gasteiger charge is 2.27. The lowest BCUT2D eigenvalue weighted by atomic mass is 10.1. The van der Waals surface area contributed by atoms with Crippen LogP contribution < -0.4 is 9.62 Å². The number of anilines is 1. The number of carbonyl (C=O) groups is 1. The average molecular weight is 370 g/mol. The molecule has 0 atom stereocenters. The van der Waals surface area contributed by atoms with Gasteiger partial charge >= 0.3 is 0 Å². The fourth-order valence-corrected chi connectivity index (χ4v) is 5.18. The third kappa shape index (κ3) is 3.27. The van der Waals surface area contributed by atoms with Gasteiger partial charge in [0, 0.05) is 23.8 Å². The lowest BCUT2D eigenvalue weighted by molar-refractivity contribution is 0.0989. The van der Waals surface area contributed by atoms with Gasteiger partial charge in [0.2, 0.25) is 10.0 Å². The predicted molar refractivity (Wildman–Crippen MR) is 101 cm³/mol. The Morgan fingerprint density at radius 2 is 1.81 bits per heavy atom. The van der Waals surface area contributed by atoms with Gasteiger partial charge in [0.15, 0.2) is 0 Å². The number of nitrogens with zero attached hydrogens (tertiary/aromatic N) is 1. The highest BCUT2D eigenvalue weighted by molar-refractivity contribution is 7.89. The van der Waals surface area contributed by atoms with Crippen molar-refractivity contribution in [2.75, 3.05) is 11.4 Å². The number of hydrogen-bond donors (Lipinski definition) is 1. The molecule has 2 aromatic rings. The largest absolute Gasteiger partial charge is 0.308 e. The number of amides is 1. The minimum absolute atomic E-state index is 0.00446. The topological polar surface area (TPSA) is 66.5 Å². The zero-order valence-electron chi connectivity index (χ0n) is 14.5. The summed E-state index contributed by atoms with van der Waals surface area (Å²) < 4.78 is 28.1. The zero-order valence-corrected chi connectivity index (χ0v) is 15.3. The molecule has 0 radical (unpaired) electrons. The van der Waals surface area contributed by atoms with Gasteiger partial charge in [-0.1, -0.05) is 37.1 Å². The number of benzene rings is 2. The lowest BCUT2D eigenvalue weighted by Gasteiger charge is -2.18.